The Morgan fingerprint density at radius 3 is 2.55 bits per heavy atom. The number of nitrogens with one attached hydrogen (secondary N) is 4. The fraction of sp³-hybridized carbons (Fsp3) is 0.417. The van der Waals surface area contributed by atoms with Gasteiger partial charge in [-0.3, -0.25) is 0 Å². The number of benzene rings is 1. The SMILES string of the molecule is O.O.O=c1[nH]c2ccc(NSC3CCNCC3)cc2[nH]1. The van der Waals surface area contributed by atoms with Gasteiger partial charge in [-0.05, 0) is 56.1 Å². The van der Waals surface area contributed by atoms with Crippen LogP contribution in [0, 0.1) is 0 Å². The molecule has 112 valence electrons. The first-order valence-corrected chi connectivity index (χ1v) is 7.04. The van der Waals surface area contributed by atoms with Crippen LogP contribution in [0.25, 0.3) is 11.0 Å². The highest BCUT2D eigenvalue weighted by Crippen LogP contribution is 2.24. The minimum absolute atomic E-state index is 0. The van der Waals surface area contributed by atoms with Crippen molar-refractivity contribution >= 4 is 28.7 Å². The van der Waals surface area contributed by atoms with E-state index >= 15 is 0 Å². The van der Waals surface area contributed by atoms with E-state index in [1.807, 2.05) is 18.2 Å². The second-order valence-corrected chi connectivity index (χ2v) is 5.62. The van der Waals surface area contributed by atoms with Gasteiger partial charge in [0.1, 0.15) is 0 Å². The molecular formula is C12H20N4O3S. The number of H-pyrrole nitrogens is 2. The zero-order valence-corrected chi connectivity index (χ0v) is 11.8. The lowest BCUT2D eigenvalue weighted by Gasteiger charge is -2.22. The number of hydrogen-bond acceptors (Lipinski definition) is 4. The van der Waals surface area contributed by atoms with Crippen molar-refractivity contribution in [1.82, 2.24) is 15.3 Å². The normalized spacial score (nSPS) is 15.4. The fourth-order valence-electron chi connectivity index (χ4n) is 2.16. The molecule has 20 heavy (non-hydrogen) atoms. The van der Waals surface area contributed by atoms with E-state index in [0.717, 1.165) is 29.8 Å². The summed E-state index contributed by atoms with van der Waals surface area (Å²) in [6, 6.07) is 5.86. The smallest absolute Gasteiger partial charge is 0.323 e. The van der Waals surface area contributed by atoms with E-state index in [4.69, 9.17) is 0 Å². The van der Waals surface area contributed by atoms with Crippen molar-refractivity contribution < 1.29 is 11.0 Å². The average Bonchev–Trinajstić information content (AvgIpc) is 2.77. The second-order valence-electron chi connectivity index (χ2n) is 4.51. The topological polar surface area (TPSA) is 136 Å². The third-order valence-electron chi connectivity index (χ3n) is 3.15. The van der Waals surface area contributed by atoms with Crippen LogP contribution >= 0.6 is 11.9 Å². The number of anilines is 1. The maximum absolute atomic E-state index is 11.2. The number of hydrogen-bond donors (Lipinski definition) is 4. The number of piperidine rings is 1. The molecule has 1 aromatic carbocycles. The van der Waals surface area contributed by atoms with Gasteiger partial charge in [0, 0.05) is 10.9 Å². The van der Waals surface area contributed by atoms with E-state index in [1.54, 1.807) is 11.9 Å². The quantitative estimate of drug-likeness (QED) is 0.594. The molecule has 2 aromatic rings. The van der Waals surface area contributed by atoms with Gasteiger partial charge in [-0.15, -0.1) is 0 Å². The molecule has 1 saturated heterocycles. The number of rotatable bonds is 3. The highest BCUT2D eigenvalue weighted by molar-refractivity contribution is 8.01. The van der Waals surface area contributed by atoms with Crippen molar-refractivity contribution in [2.75, 3.05) is 17.8 Å². The van der Waals surface area contributed by atoms with Crippen LogP contribution in [0.15, 0.2) is 23.0 Å². The van der Waals surface area contributed by atoms with Gasteiger partial charge in [0.25, 0.3) is 0 Å². The van der Waals surface area contributed by atoms with Crippen molar-refractivity contribution in [1.29, 1.82) is 0 Å². The summed E-state index contributed by atoms with van der Waals surface area (Å²) in [6.45, 7) is 2.20. The van der Waals surface area contributed by atoms with Crippen LogP contribution in [0.2, 0.25) is 0 Å². The van der Waals surface area contributed by atoms with Crippen molar-refractivity contribution in [3.8, 4) is 0 Å². The Balaban J connectivity index is 0.000001000. The van der Waals surface area contributed by atoms with Crippen molar-refractivity contribution in [3.05, 3.63) is 28.7 Å². The predicted molar refractivity (Wildman–Crippen MR) is 83.3 cm³/mol. The number of aromatic nitrogens is 2. The van der Waals surface area contributed by atoms with Gasteiger partial charge in [-0.25, -0.2) is 4.79 Å². The molecule has 1 aromatic heterocycles. The van der Waals surface area contributed by atoms with Gasteiger partial charge in [0.15, 0.2) is 0 Å². The number of fused-ring (bicyclic) bond motifs is 1. The lowest BCUT2D eigenvalue weighted by molar-refractivity contribution is 0.532. The maximum Gasteiger partial charge on any atom is 0.323 e. The summed E-state index contributed by atoms with van der Waals surface area (Å²) in [5.41, 5.74) is 2.56. The first kappa shape index (κ1) is 16.6. The molecule has 8 heteroatoms. The molecule has 0 radical (unpaired) electrons. The highest BCUT2D eigenvalue weighted by atomic mass is 32.2. The first-order valence-electron chi connectivity index (χ1n) is 6.16. The van der Waals surface area contributed by atoms with Crippen LogP contribution in [-0.4, -0.2) is 39.3 Å². The molecule has 0 saturated carbocycles. The monoisotopic (exact) mass is 300 g/mol. The Kier molecular flexibility index (Phi) is 6.08. The Morgan fingerprint density at radius 1 is 1.10 bits per heavy atom. The van der Waals surface area contributed by atoms with E-state index in [1.165, 1.54) is 12.8 Å². The summed E-state index contributed by atoms with van der Waals surface area (Å²) in [5.74, 6) is 0. The molecule has 1 fully saturated rings. The molecule has 3 rings (SSSR count). The molecule has 2 heterocycles. The third kappa shape index (κ3) is 3.76. The number of aromatic amines is 2. The van der Waals surface area contributed by atoms with Gasteiger partial charge < -0.3 is 31.0 Å². The van der Waals surface area contributed by atoms with E-state index in [0.29, 0.717) is 5.25 Å². The Hall–Kier alpha value is -1.48. The minimum atomic E-state index is -0.159. The largest absolute Gasteiger partial charge is 0.412 e. The van der Waals surface area contributed by atoms with E-state index in [-0.39, 0.29) is 16.6 Å². The number of imidazole rings is 1. The Morgan fingerprint density at radius 2 is 1.80 bits per heavy atom. The second kappa shape index (κ2) is 7.34. The van der Waals surface area contributed by atoms with E-state index in [2.05, 4.69) is 20.0 Å². The zero-order valence-electron chi connectivity index (χ0n) is 11.0. The Labute approximate surface area is 120 Å². The van der Waals surface area contributed by atoms with Gasteiger partial charge in [-0.2, -0.15) is 0 Å². The van der Waals surface area contributed by atoms with Crippen LogP contribution < -0.4 is 15.7 Å². The molecule has 1 aliphatic heterocycles. The minimum Gasteiger partial charge on any atom is -0.412 e. The maximum atomic E-state index is 11.2. The average molecular weight is 300 g/mol. The van der Waals surface area contributed by atoms with Gasteiger partial charge in [0.2, 0.25) is 0 Å². The van der Waals surface area contributed by atoms with Crippen LogP contribution in [0.5, 0.6) is 0 Å². The van der Waals surface area contributed by atoms with Crippen LogP contribution in [0.4, 0.5) is 5.69 Å². The molecule has 0 atom stereocenters. The van der Waals surface area contributed by atoms with Gasteiger partial charge in [0.05, 0.1) is 11.0 Å². The summed E-state index contributed by atoms with van der Waals surface area (Å²) >= 11 is 1.77. The summed E-state index contributed by atoms with van der Waals surface area (Å²) in [6.07, 6.45) is 2.39. The summed E-state index contributed by atoms with van der Waals surface area (Å²) in [5, 5.41) is 4.01. The van der Waals surface area contributed by atoms with Gasteiger partial charge in [-0.1, -0.05) is 0 Å². The first-order chi connectivity index (χ1) is 8.81. The van der Waals surface area contributed by atoms with E-state index in [9.17, 15) is 4.79 Å². The lowest BCUT2D eigenvalue weighted by atomic mass is 10.2. The lowest BCUT2D eigenvalue weighted by Crippen LogP contribution is -2.29. The molecule has 0 spiro atoms. The Bertz CT molecular complexity index is 592. The van der Waals surface area contributed by atoms with Crippen molar-refractivity contribution in [3.63, 3.8) is 0 Å². The molecule has 7 nitrogen and oxygen atoms in total. The summed E-state index contributed by atoms with van der Waals surface area (Å²) in [7, 11) is 0. The molecule has 0 unspecified atom stereocenters. The zero-order chi connectivity index (χ0) is 12.4. The molecule has 0 aliphatic carbocycles. The van der Waals surface area contributed by atoms with Gasteiger partial charge >= 0.3 is 5.69 Å². The molecule has 0 bridgehead atoms. The standard InChI is InChI=1S/C12H16N4OS.2H2O/c17-12-14-10-2-1-8(7-11(10)15-12)16-18-9-3-5-13-6-4-9;;/h1-2,7,9,13,16H,3-6H2,(H2,14,15,17);2*1H2. The fourth-order valence-corrected chi connectivity index (χ4v) is 3.06. The van der Waals surface area contributed by atoms with Crippen LogP contribution in [0.1, 0.15) is 12.8 Å². The molecule has 0 amide bonds. The molecular weight excluding hydrogens is 280 g/mol. The highest BCUT2D eigenvalue weighted by Gasteiger charge is 2.13. The van der Waals surface area contributed by atoms with Crippen molar-refractivity contribution in [2.45, 2.75) is 18.1 Å². The molecule has 8 N–H and O–H groups in total. The molecule has 1 aliphatic rings. The van der Waals surface area contributed by atoms with Crippen LogP contribution in [-0.2, 0) is 0 Å². The van der Waals surface area contributed by atoms with Crippen LogP contribution in [0.3, 0.4) is 0 Å². The summed E-state index contributed by atoms with van der Waals surface area (Å²) in [4.78, 5) is 16.7. The third-order valence-corrected chi connectivity index (χ3v) is 4.30. The van der Waals surface area contributed by atoms with E-state index < -0.39 is 0 Å². The predicted octanol–water partition coefficient (Wildman–Crippen LogP) is 0.0189. The van der Waals surface area contributed by atoms with Crippen molar-refractivity contribution in [2.24, 2.45) is 0 Å². The summed E-state index contributed by atoms with van der Waals surface area (Å²) < 4.78 is 3.37.